The van der Waals surface area contributed by atoms with Gasteiger partial charge in [-0.25, -0.2) is 0 Å². The van der Waals surface area contributed by atoms with Crippen molar-refractivity contribution in [2.75, 3.05) is 6.61 Å². The molecule has 2 nitrogen and oxygen atoms in total. The van der Waals surface area contributed by atoms with Crippen molar-refractivity contribution < 1.29 is 9.84 Å². The molecule has 0 bridgehead atoms. The zero-order valence-corrected chi connectivity index (χ0v) is 6.50. The minimum Gasteiger partial charge on any atom is -0.390 e. The van der Waals surface area contributed by atoms with Gasteiger partial charge in [0.15, 0.2) is 0 Å². The summed E-state index contributed by atoms with van der Waals surface area (Å²) in [6.07, 6.45) is 4.28. The summed E-state index contributed by atoms with van der Waals surface area (Å²) in [6.45, 7) is 4.57. The Kier molecular flexibility index (Phi) is 2.11. The molecule has 0 aromatic carbocycles. The van der Waals surface area contributed by atoms with Crippen molar-refractivity contribution in [2.45, 2.75) is 32.0 Å². The normalized spacial score (nSPS) is 34.7. The van der Waals surface area contributed by atoms with E-state index < -0.39 is 0 Å². The highest BCUT2D eigenvalue weighted by Gasteiger charge is 2.47. The second-order valence-corrected chi connectivity index (χ2v) is 2.67. The third-order valence-electron chi connectivity index (χ3n) is 1.88. The van der Waals surface area contributed by atoms with E-state index in [2.05, 4.69) is 0 Å². The van der Waals surface area contributed by atoms with Crippen LogP contribution in [0.15, 0.2) is 12.2 Å². The van der Waals surface area contributed by atoms with Crippen LogP contribution in [-0.2, 0) is 4.74 Å². The minimum atomic E-state index is -0.330. The maximum atomic E-state index is 9.40. The van der Waals surface area contributed by atoms with Crippen LogP contribution in [0.4, 0.5) is 0 Å². The van der Waals surface area contributed by atoms with Gasteiger partial charge in [-0.15, -0.1) is 0 Å². The highest BCUT2D eigenvalue weighted by molar-refractivity contribution is 5.13. The topological polar surface area (TPSA) is 32.8 Å². The Hall–Kier alpha value is -0.340. The Morgan fingerprint density at radius 3 is 2.70 bits per heavy atom. The highest BCUT2D eigenvalue weighted by Crippen LogP contribution is 2.33. The Bertz CT molecular complexity index is 136. The molecule has 0 aromatic rings. The van der Waals surface area contributed by atoms with E-state index in [4.69, 9.17) is 4.74 Å². The number of aliphatic hydroxyl groups excluding tert-OH is 1. The Labute approximate surface area is 61.5 Å². The minimum absolute atomic E-state index is 0.316. The Morgan fingerprint density at radius 2 is 2.40 bits per heavy atom. The molecule has 1 N–H and O–H groups in total. The van der Waals surface area contributed by atoms with Gasteiger partial charge in [0.25, 0.3) is 0 Å². The summed E-state index contributed by atoms with van der Waals surface area (Å²) < 4.78 is 5.15. The van der Waals surface area contributed by atoms with Crippen LogP contribution in [0.25, 0.3) is 0 Å². The fraction of sp³-hybridized carbons (Fsp3) is 0.750. The molecule has 0 amide bonds. The smallest absolute Gasteiger partial charge is 0.135 e. The molecule has 0 aliphatic carbocycles. The maximum absolute atomic E-state index is 9.40. The number of epoxide rings is 1. The second-order valence-electron chi connectivity index (χ2n) is 2.67. The van der Waals surface area contributed by atoms with Gasteiger partial charge in [-0.05, 0) is 13.3 Å². The molecule has 1 aliphatic heterocycles. The van der Waals surface area contributed by atoms with Gasteiger partial charge in [0.05, 0.1) is 12.7 Å². The number of ether oxygens (including phenoxy) is 1. The van der Waals surface area contributed by atoms with Gasteiger partial charge in [0.1, 0.15) is 5.60 Å². The maximum Gasteiger partial charge on any atom is 0.135 e. The van der Waals surface area contributed by atoms with Crippen LogP contribution in [-0.4, -0.2) is 23.4 Å². The summed E-state index contributed by atoms with van der Waals surface area (Å²) in [6, 6.07) is 0. The van der Waals surface area contributed by atoms with Crippen LogP contribution in [0.3, 0.4) is 0 Å². The highest BCUT2D eigenvalue weighted by atomic mass is 16.6. The summed E-state index contributed by atoms with van der Waals surface area (Å²) in [5.74, 6) is 0. The van der Waals surface area contributed by atoms with E-state index in [0.29, 0.717) is 6.61 Å². The van der Waals surface area contributed by atoms with Gasteiger partial charge in [-0.2, -0.15) is 0 Å². The van der Waals surface area contributed by atoms with Crippen molar-refractivity contribution in [3.63, 3.8) is 0 Å². The predicted octanol–water partition coefficient (Wildman–Crippen LogP) is 1.10. The number of rotatable bonds is 3. The van der Waals surface area contributed by atoms with Crippen molar-refractivity contribution in [2.24, 2.45) is 0 Å². The van der Waals surface area contributed by atoms with Crippen molar-refractivity contribution in [1.29, 1.82) is 0 Å². The largest absolute Gasteiger partial charge is 0.390 e. The Balaban J connectivity index is 2.51. The monoisotopic (exact) mass is 142 g/mol. The molecule has 58 valence electrons. The lowest BCUT2D eigenvalue weighted by atomic mass is 10.0. The van der Waals surface area contributed by atoms with E-state index in [1.165, 1.54) is 0 Å². The lowest BCUT2D eigenvalue weighted by Crippen LogP contribution is -2.26. The zero-order valence-electron chi connectivity index (χ0n) is 6.50. The third-order valence-corrected chi connectivity index (χ3v) is 1.88. The summed E-state index contributed by atoms with van der Waals surface area (Å²) >= 11 is 0. The molecule has 1 heterocycles. The molecule has 0 spiro atoms. The van der Waals surface area contributed by atoms with Crippen LogP contribution in [0.5, 0.6) is 0 Å². The van der Waals surface area contributed by atoms with E-state index in [1.54, 1.807) is 0 Å². The van der Waals surface area contributed by atoms with Crippen LogP contribution in [0.2, 0.25) is 0 Å². The van der Waals surface area contributed by atoms with Crippen molar-refractivity contribution >= 4 is 0 Å². The van der Waals surface area contributed by atoms with Crippen LogP contribution in [0.1, 0.15) is 20.3 Å². The first-order valence-corrected chi connectivity index (χ1v) is 3.71. The van der Waals surface area contributed by atoms with Gasteiger partial charge < -0.3 is 9.84 Å². The molecule has 1 rings (SSSR count). The summed E-state index contributed by atoms with van der Waals surface area (Å²) in [5, 5.41) is 9.40. The van der Waals surface area contributed by atoms with Gasteiger partial charge >= 0.3 is 0 Å². The summed E-state index contributed by atoms with van der Waals surface area (Å²) in [7, 11) is 0. The fourth-order valence-electron chi connectivity index (χ4n) is 1.11. The van der Waals surface area contributed by atoms with Crippen LogP contribution < -0.4 is 0 Å². The second kappa shape index (κ2) is 2.72. The first-order valence-electron chi connectivity index (χ1n) is 3.71. The molecule has 10 heavy (non-hydrogen) atoms. The van der Waals surface area contributed by atoms with Crippen molar-refractivity contribution in [3.05, 3.63) is 12.2 Å². The third kappa shape index (κ3) is 1.22. The molecule has 0 saturated carbocycles. The number of allylic oxidation sites excluding steroid dienone is 1. The van der Waals surface area contributed by atoms with Crippen LogP contribution in [0, 0.1) is 0 Å². The van der Waals surface area contributed by atoms with Gasteiger partial charge in [-0.1, -0.05) is 19.1 Å². The molecular weight excluding hydrogens is 128 g/mol. The SMILES string of the molecule is C/C=C/[C@]1([C@H](O)CC)CO1. The van der Waals surface area contributed by atoms with Gasteiger partial charge in [0, 0.05) is 0 Å². The molecule has 2 atom stereocenters. The molecule has 2 heteroatoms. The van der Waals surface area contributed by atoms with Crippen molar-refractivity contribution in [3.8, 4) is 0 Å². The lowest BCUT2D eigenvalue weighted by molar-refractivity contribution is 0.0964. The average Bonchev–Trinajstić information content (AvgIpc) is 2.69. The molecule has 0 radical (unpaired) electrons. The molecule has 1 fully saturated rings. The first-order chi connectivity index (χ1) is 4.75. The predicted molar refractivity (Wildman–Crippen MR) is 39.8 cm³/mol. The van der Waals surface area contributed by atoms with E-state index in [0.717, 1.165) is 6.42 Å². The van der Waals surface area contributed by atoms with Crippen LogP contribution >= 0.6 is 0 Å². The van der Waals surface area contributed by atoms with Crippen molar-refractivity contribution in [1.82, 2.24) is 0 Å². The molecule has 1 aliphatic rings. The van der Waals surface area contributed by atoms with Gasteiger partial charge in [0.2, 0.25) is 0 Å². The number of hydrogen-bond acceptors (Lipinski definition) is 2. The standard InChI is InChI=1S/C8H14O2/c1-3-5-8(6-10-8)7(9)4-2/h3,5,7,9H,4,6H2,1-2H3/b5-3+/t7-,8-/m1/s1. The summed E-state index contributed by atoms with van der Waals surface area (Å²) in [4.78, 5) is 0. The molecule has 0 unspecified atom stereocenters. The van der Waals surface area contributed by atoms with E-state index >= 15 is 0 Å². The molecule has 0 aromatic heterocycles. The first kappa shape index (κ1) is 7.76. The lowest BCUT2D eigenvalue weighted by Gasteiger charge is -2.12. The Morgan fingerprint density at radius 1 is 1.80 bits per heavy atom. The molecule has 1 saturated heterocycles. The average molecular weight is 142 g/mol. The van der Waals surface area contributed by atoms with Gasteiger partial charge in [-0.3, -0.25) is 0 Å². The molecular formula is C8H14O2. The fourth-order valence-corrected chi connectivity index (χ4v) is 1.11. The zero-order chi connectivity index (χ0) is 7.61. The summed E-state index contributed by atoms with van der Waals surface area (Å²) in [5.41, 5.74) is -0.316. The van der Waals surface area contributed by atoms with E-state index in [-0.39, 0.29) is 11.7 Å². The quantitative estimate of drug-likeness (QED) is 0.473. The van der Waals surface area contributed by atoms with E-state index in [9.17, 15) is 5.11 Å². The number of aliphatic hydroxyl groups is 1. The number of hydrogen-bond donors (Lipinski definition) is 1. The van der Waals surface area contributed by atoms with E-state index in [1.807, 2.05) is 26.0 Å².